The van der Waals surface area contributed by atoms with Crippen molar-refractivity contribution in [1.82, 2.24) is 4.90 Å². The maximum atomic E-state index is 12.7. The Balaban J connectivity index is 1.96. The summed E-state index contributed by atoms with van der Waals surface area (Å²) in [4.78, 5) is 14.8. The monoisotopic (exact) mass is 252 g/mol. The minimum Gasteiger partial charge on any atom is -0.339 e. The van der Waals surface area contributed by atoms with Crippen molar-refractivity contribution < 1.29 is 4.79 Å². The van der Waals surface area contributed by atoms with Gasteiger partial charge in [-0.2, -0.15) is 0 Å². The Bertz CT molecular complexity index is 272. The number of rotatable bonds is 2. The second kappa shape index (κ2) is 6.55. The van der Waals surface area contributed by atoms with E-state index in [1.54, 1.807) is 0 Å². The fourth-order valence-corrected chi connectivity index (χ4v) is 3.44. The van der Waals surface area contributed by atoms with Gasteiger partial charge >= 0.3 is 0 Å². The van der Waals surface area contributed by atoms with Gasteiger partial charge in [-0.05, 0) is 45.1 Å². The molecule has 1 aliphatic carbocycles. The van der Waals surface area contributed by atoms with E-state index in [2.05, 4.69) is 11.8 Å². The largest absolute Gasteiger partial charge is 0.339 e. The minimum atomic E-state index is 0.298. The first-order valence-electron chi connectivity index (χ1n) is 7.73. The highest BCUT2D eigenvalue weighted by Crippen LogP contribution is 2.28. The number of nitrogens with two attached hydrogens (primary N) is 1. The Kier molecular flexibility index (Phi) is 5.04. The van der Waals surface area contributed by atoms with Crippen LogP contribution in [-0.2, 0) is 4.79 Å². The van der Waals surface area contributed by atoms with E-state index in [4.69, 9.17) is 5.73 Å². The van der Waals surface area contributed by atoms with Crippen molar-refractivity contribution in [2.75, 3.05) is 13.1 Å². The molecule has 2 unspecified atom stereocenters. The van der Waals surface area contributed by atoms with Crippen LogP contribution in [0.5, 0.6) is 0 Å². The Hall–Kier alpha value is -0.570. The van der Waals surface area contributed by atoms with Gasteiger partial charge in [-0.3, -0.25) is 4.79 Å². The molecule has 0 aromatic carbocycles. The number of hydrogen-bond acceptors (Lipinski definition) is 2. The summed E-state index contributed by atoms with van der Waals surface area (Å²) in [7, 11) is 0. The quantitative estimate of drug-likeness (QED) is 0.768. The molecule has 0 spiro atoms. The average molecular weight is 252 g/mol. The maximum absolute atomic E-state index is 12.7. The van der Waals surface area contributed by atoms with E-state index in [1.165, 1.54) is 32.1 Å². The molecule has 104 valence electrons. The smallest absolute Gasteiger partial charge is 0.225 e. The first-order chi connectivity index (χ1) is 8.72. The third-order valence-corrected chi connectivity index (χ3v) is 4.80. The van der Waals surface area contributed by atoms with Gasteiger partial charge in [0, 0.05) is 18.5 Å². The van der Waals surface area contributed by atoms with Crippen molar-refractivity contribution in [3.05, 3.63) is 0 Å². The van der Waals surface area contributed by atoms with Crippen LogP contribution in [0.3, 0.4) is 0 Å². The van der Waals surface area contributed by atoms with Crippen LogP contribution < -0.4 is 5.73 Å². The Morgan fingerprint density at radius 2 is 1.78 bits per heavy atom. The molecule has 18 heavy (non-hydrogen) atoms. The Morgan fingerprint density at radius 3 is 2.39 bits per heavy atom. The molecular weight excluding hydrogens is 224 g/mol. The van der Waals surface area contributed by atoms with Gasteiger partial charge in [-0.1, -0.05) is 25.7 Å². The highest BCUT2D eigenvalue weighted by Gasteiger charge is 2.32. The van der Waals surface area contributed by atoms with E-state index in [1.807, 2.05) is 0 Å². The van der Waals surface area contributed by atoms with Gasteiger partial charge in [0.15, 0.2) is 0 Å². The molecule has 1 heterocycles. The Morgan fingerprint density at radius 1 is 1.11 bits per heavy atom. The zero-order valence-electron chi connectivity index (χ0n) is 11.7. The van der Waals surface area contributed by atoms with Crippen LogP contribution in [0.25, 0.3) is 0 Å². The van der Waals surface area contributed by atoms with Gasteiger partial charge < -0.3 is 10.6 Å². The summed E-state index contributed by atoms with van der Waals surface area (Å²) in [5, 5.41) is 0. The van der Waals surface area contributed by atoms with Crippen molar-refractivity contribution in [2.24, 2.45) is 17.6 Å². The van der Waals surface area contributed by atoms with Crippen LogP contribution >= 0.6 is 0 Å². The number of carbonyl (C=O) groups is 1. The normalized spacial score (nSPS) is 31.1. The lowest BCUT2D eigenvalue weighted by atomic mass is 9.90. The molecule has 0 radical (unpaired) electrons. The Labute approximate surface area is 111 Å². The predicted octanol–water partition coefficient (Wildman–Crippen LogP) is 2.54. The summed E-state index contributed by atoms with van der Waals surface area (Å²) >= 11 is 0. The van der Waals surface area contributed by atoms with Crippen molar-refractivity contribution in [3.63, 3.8) is 0 Å². The first-order valence-corrected chi connectivity index (χ1v) is 7.73. The molecule has 0 bridgehead atoms. The number of nitrogens with zero attached hydrogens (tertiary/aromatic N) is 1. The highest BCUT2D eigenvalue weighted by molar-refractivity contribution is 5.79. The molecule has 0 aromatic rings. The number of amides is 1. The summed E-state index contributed by atoms with van der Waals surface area (Å²) in [5.74, 6) is 1.24. The van der Waals surface area contributed by atoms with Gasteiger partial charge in [-0.15, -0.1) is 0 Å². The van der Waals surface area contributed by atoms with Gasteiger partial charge in [0.05, 0.1) is 0 Å². The number of piperidine rings is 1. The van der Waals surface area contributed by atoms with Crippen molar-refractivity contribution in [2.45, 2.75) is 64.3 Å². The second-order valence-corrected chi connectivity index (χ2v) is 6.21. The molecule has 1 saturated heterocycles. The molecule has 2 fully saturated rings. The molecule has 1 aliphatic heterocycles. The number of hydrogen-bond donors (Lipinski definition) is 1. The third kappa shape index (κ3) is 3.25. The standard InChI is InChI=1S/C15H28N2O/c1-12-8-9-13(10-16)11-17(12)15(18)14-6-4-2-3-5-7-14/h12-14H,2-11,16H2,1H3. The number of carbonyl (C=O) groups excluding carboxylic acids is 1. The van der Waals surface area contributed by atoms with Gasteiger partial charge in [-0.25, -0.2) is 0 Å². The molecule has 1 amide bonds. The topological polar surface area (TPSA) is 46.3 Å². The lowest BCUT2D eigenvalue weighted by Gasteiger charge is -2.39. The maximum Gasteiger partial charge on any atom is 0.225 e. The summed E-state index contributed by atoms with van der Waals surface area (Å²) in [6.45, 7) is 3.81. The first kappa shape index (κ1) is 13.9. The van der Waals surface area contributed by atoms with Crippen LogP contribution in [0, 0.1) is 11.8 Å². The van der Waals surface area contributed by atoms with E-state index in [0.717, 1.165) is 32.4 Å². The van der Waals surface area contributed by atoms with E-state index >= 15 is 0 Å². The molecule has 0 aromatic heterocycles. The average Bonchev–Trinajstić information content (AvgIpc) is 2.67. The zero-order valence-corrected chi connectivity index (χ0v) is 11.7. The second-order valence-electron chi connectivity index (χ2n) is 6.21. The van der Waals surface area contributed by atoms with Gasteiger partial charge in [0.25, 0.3) is 0 Å². The van der Waals surface area contributed by atoms with Gasteiger partial charge in [0.1, 0.15) is 0 Å². The van der Waals surface area contributed by atoms with E-state index in [9.17, 15) is 4.79 Å². The fraction of sp³-hybridized carbons (Fsp3) is 0.933. The van der Waals surface area contributed by atoms with E-state index in [0.29, 0.717) is 23.8 Å². The lowest BCUT2D eigenvalue weighted by molar-refractivity contribution is -0.140. The van der Waals surface area contributed by atoms with Gasteiger partial charge in [0.2, 0.25) is 5.91 Å². The fourth-order valence-electron chi connectivity index (χ4n) is 3.44. The summed E-state index contributed by atoms with van der Waals surface area (Å²) in [5.41, 5.74) is 5.78. The molecule has 3 heteroatoms. The summed E-state index contributed by atoms with van der Waals surface area (Å²) in [6, 6.07) is 0.420. The van der Waals surface area contributed by atoms with Crippen LogP contribution in [0.15, 0.2) is 0 Å². The number of likely N-dealkylation sites (tertiary alicyclic amines) is 1. The molecule has 2 N–H and O–H groups in total. The lowest BCUT2D eigenvalue weighted by Crippen LogP contribution is -2.49. The summed E-state index contributed by atoms with van der Waals surface area (Å²) in [6.07, 6.45) is 9.62. The SMILES string of the molecule is CC1CCC(CN)CN1C(=O)C1CCCCCC1. The molecule has 2 rings (SSSR count). The third-order valence-electron chi connectivity index (χ3n) is 4.80. The van der Waals surface area contributed by atoms with Crippen molar-refractivity contribution in [3.8, 4) is 0 Å². The molecule has 3 nitrogen and oxygen atoms in total. The van der Waals surface area contributed by atoms with Crippen LogP contribution in [0.1, 0.15) is 58.3 Å². The van der Waals surface area contributed by atoms with Crippen molar-refractivity contribution in [1.29, 1.82) is 0 Å². The molecule has 2 atom stereocenters. The minimum absolute atomic E-state index is 0.298. The van der Waals surface area contributed by atoms with Crippen LogP contribution in [-0.4, -0.2) is 29.9 Å². The molecular formula is C15H28N2O. The van der Waals surface area contributed by atoms with E-state index in [-0.39, 0.29) is 0 Å². The van der Waals surface area contributed by atoms with E-state index < -0.39 is 0 Å². The molecule has 2 aliphatic rings. The predicted molar refractivity (Wildman–Crippen MR) is 74.1 cm³/mol. The highest BCUT2D eigenvalue weighted by atomic mass is 16.2. The molecule has 1 saturated carbocycles. The van der Waals surface area contributed by atoms with Crippen LogP contribution in [0.4, 0.5) is 0 Å². The van der Waals surface area contributed by atoms with Crippen LogP contribution in [0.2, 0.25) is 0 Å². The summed E-state index contributed by atoms with van der Waals surface area (Å²) < 4.78 is 0. The zero-order chi connectivity index (χ0) is 13.0. The van der Waals surface area contributed by atoms with Crippen molar-refractivity contribution >= 4 is 5.91 Å².